The fourth-order valence-corrected chi connectivity index (χ4v) is 6.55. The molecule has 0 saturated heterocycles. The number of hydrogen-bond donors (Lipinski definition) is 0. The molecule has 0 aliphatic carbocycles. The normalized spacial score (nSPS) is 13.4. The van der Waals surface area contributed by atoms with Gasteiger partial charge in [-0.15, -0.1) is 0 Å². The van der Waals surface area contributed by atoms with Gasteiger partial charge in [-0.25, -0.2) is 0 Å². The fourth-order valence-electron chi connectivity index (χ4n) is 6.55. The molecule has 0 bridgehead atoms. The molecule has 0 heterocycles. The third-order valence-corrected chi connectivity index (χ3v) is 10.5. The molecular formula is C63H96O6. The molecule has 0 unspecified atom stereocenters. The van der Waals surface area contributed by atoms with Crippen molar-refractivity contribution in [1.29, 1.82) is 0 Å². The van der Waals surface area contributed by atoms with E-state index < -0.39 is 12.1 Å². The van der Waals surface area contributed by atoms with Gasteiger partial charge in [0.15, 0.2) is 6.10 Å². The van der Waals surface area contributed by atoms with Gasteiger partial charge in [0.05, 0.1) is 0 Å². The number of hydrogen-bond acceptors (Lipinski definition) is 6. The van der Waals surface area contributed by atoms with Gasteiger partial charge in [0, 0.05) is 19.3 Å². The minimum absolute atomic E-state index is 0.143. The van der Waals surface area contributed by atoms with Crippen molar-refractivity contribution >= 4 is 17.9 Å². The molecule has 0 aliphatic heterocycles. The van der Waals surface area contributed by atoms with Crippen LogP contribution in [0.25, 0.3) is 0 Å². The number of rotatable bonds is 46. The molecule has 1 atom stereocenters. The monoisotopic (exact) mass is 949 g/mol. The van der Waals surface area contributed by atoms with Crippen molar-refractivity contribution in [3.05, 3.63) is 158 Å². The van der Waals surface area contributed by atoms with Gasteiger partial charge in [-0.3, -0.25) is 14.4 Å². The molecule has 0 spiro atoms. The first-order valence-corrected chi connectivity index (χ1v) is 27.0. The Morgan fingerprint density at radius 3 is 0.971 bits per heavy atom. The maximum absolute atomic E-state index is 12.8. The van der Waals surface area contributed by atoms with E-state index in [1.807, 2.05) is 24.3 Å². The molecule has 0 rings (SSSR count). The van der Waals surface area contributed by atoms with E-state index in [1.165, 1.54) is 38.5 Å². The summed E-state index contributed by atoms with van der Waals surface area (Å²) in [5.74, 6) is -1.14. The molecule has 0 radical (unpaired) electrons. The van der Waals surface area contributed by atoms with Gasteiger partial charge < -0.3 is 14.2 Å². The van der Waals surface area contributed by atoms with Gasteiger partial charge in [0.25, 0.3) is 0 Å². The van der Waals surface area contributed by atoms with Crippen LogP contribution in [0.4, 0.5) is 0 Å². The van der Waals surface area contributed by atoms with E-state index in [2.05, 4.69) is 154 Å². The van der Waals surface area contributed by atoms with Crippen molar-refractivity contribution in [2.45, 2.75) is 207 Å². The highest BCUT2D eigenvalue weighted by Gasteiger charge is 2.19. The standard InChI is InChI=1S/C63H96O6/c1-4-7-10-13-16-19-22-25-27-29-31-33-35-38-41-44-47-50-53-56-62(65)68-59-60(58-67-61(64)55-52-49-46-43-40-37-24-21-18-15-12-9-6-3)69-63(66)57-54-51-48-45-42-39-36-34-32-30-28-26-23-20-17-14-11-8-5-2/h7-8,10-11,16-17,19-21,24-28,31-34,38-39,41-42,47-48,50-51,60H,4-6,9,12-15,18,22-23,29-30,35-37,40,43-46,49,52-59H2,1-3H3/b10-7+,11-8+,19-16+,20-17+,24-21+,27-25+,28-26+,33-31+,34-32+,41-38+,42-39+,50-47+,51-48+/t60-/m1/s1. The van der Waals surface area contributed by atoms with E-state index in [1.54, 1.807) is 0 Å². The summed E-state index contributed by atoms with van der Waals surface area (Å²) in [7, 11) is 0. The highest BCUT2D eigenvalue weighted by atomic mass is 16.6. The van der Waals surface area contributed by atoms with Crippen LogP contribution >= 0.6 is 0 Å². The van der Waals surface area contributed by atoms with Crippen molar-refractivity contribution in [3.63, 3.8) is 0 Å². The number of esters is 3. The maximum atomic E-state index is 12.8. The van der Waals surface area contributed by atoms with Crippen LogP contribution in [0.5, 0.6) is 0 Å². The van der Waals surface area contributed by atoms with Crippen LogP contribution in [-0.4, -0.2) is 37.2 Å². The summed E-state index contributed by atoms with van der Waals surface area (Å²) >= 11 is 0. The van der Waals surface area contributed by atoms with Crippen LogP contribution in [0.3, 0.4) is 0 Å². The summed E-state index contributed by atoms with van der Waals surface area (Å²) < 4.78 is 16.7. The second-order valence-corrected chi connectivity index (χ2v) is 17.0. The van der Waals surface area contributed by atoms with Crippen LogP contribution in [0.2, 0.25) is 0 Å². The highest BCUT2D eigenvalue weighted by molar-refractivity contribution is 5.71. The molecule has 0 saturated carbocycles. The van der Waals surface area contributed by atoms with Crippen molar-refractivity contribution in [1.82, 2.24) is 0 Å². The molecule has 0 fully saturated rings. The van der Waals surface area contributed by atoms with Crippen molar-refractivity contribution in [2.24, 2.45) is 0 Å². The van der Waals surface area contributed by atoms with Crippen molar-refractivity contribution in [2.75, 3.05) is 13.2 Å². The lowest BCUT2D eigenvalue weighted by Gasteiger charge is -2.18. The zero-order valence-corrected chi connectivity index (χ0v) is 43.8. The largest absolute Gasteiger partial charge is 0.462 e. The molecule has 0 N–H and O–H groups in total. The summed E-state index contributed by atoms with van der Waals surface area (Å²) in [6, 6.07) is 0. The molecule has 0 aliphatic rings. The molecular weight excluding hydrogens is 853 g/mol. The number of unbranched alkanes of at least 4 members (excludes halogenated alkanes) is 9. The Bertz CT molecular complexity index is 1610. The van der Waals surface area contributed by atoms with E-state index in [0.717, 1.165) is 109 Å². The first-order valence-electron chi connectivity index (χ1n) is 27.0. The van der Waals surface area contributed by atoms with Gasteiger partial charge in [-0.1, -0.05) is 217 Å². The van der Waals surface area contributed by atoms with E-state index in [0.29, 0.717) is 19.3 Å². The Labute approximate surface area is 422 Å². The minimum atomic E-state index is -0.860. The van der Waals surface area contributed by atoms with Crippen LogP contribution in [0.1, 0.15) is 201 Å². The number of allylic oxidation sites excluding steroid dienone is 26. The topological polar surface area (TPSA) is 78.9 Å². The third-order valence-electron chi connectivity index (χ3n) is 10.5. The average Bonchev–Trinajstić information content (AvgIpc) is 3.35. The van der Waals surface area contributed by atoms with Crippen molar-refractivity contribution < 1.29 is 28.6 Å². The highest BCUT2D eigenvalue weighted by Crippen LogP contribution is 2.11. The predicted octanol–water partition coefficient (Wildman–Crippen LogP) is 18.2. The smallest absolute Gasteiger partial charge is 0.306 e. The zero-order valence-electron chi connectivity index (χ0n) is 43.8. The van der Waals surface area contributed by atoms with Gasteiger partial charge in [0.1, 0.15) is 13.2 Å². The van der Waals surface area contributed by atoms with Crippen LogP contribution in [0, 0.1) is 0 Å². The zero-order chi connectivity index (χ0) is 50.0. The number of ether oxygens (including phenoxy) is 3. The van der Waals surface area contributed by atoms with Crippen LogP contribution in [0.15, 0.2) is 158 Å². The first kappa shape index (κ1) is 64.0. The minimum Gasteiger partial charge on any atom is -0.462 e. The third kappa shape index (κ3) is 53.8. The Hall–Kier alpha value is -4.97. The average molecular weight is 949 g/mol. The van der Waals surface area contributed by atoms with Gasteiger partial charge in [-0.05, 0) is 122 Å². The lowest BCUT2D eigenvalue weighted by atomic mass is 10.1. The van der Waals surface area contributed by atoms with E-state index in [-0.39, 0.29) is 38.0 Å². The molecule has 384 valence electrons. The van der Waals surface area contributed by atoms with Gasteiger partial charge in [-0.2, -0.15) is 0 Å². The summed E-state index contributed by atoms with van der Waals surface area (Å²) in [6.07, 6.45) is 81.1. The SMILES string of the molecule is CC/C=C/C/C=C/C/C=C/C/C=C/C/C=C/C/C=C/CCC(=O)OC[C@@H](COC(=O)CCCCCCC/C=C/CCCCCC)OC(=O)CC/C=C/C/C=C/C/C=C/C/C=C/C/C=C/C/C=C/CC. The summed E-state index contributed by atoms with van der Waals surface area (Å²) in [4.78, 5) is 38.0. The number of carbonyl (C=O) groups is 3. The Morgan fingerprint density at radius 1 is 0.304 bits per heavy atom. The quantitative estimate of drug-likeness (QED) is 0.0262. The second-order valence-electron chi connectivity index (χ2n) is 17.0. The van der Waals surface area contributed by atoms with Gasteiger partial charge in [0.2, 0.25) is 0 Å². The lowest BCUT2D eigenvalue weighted by molar-refractivity contribution is -0.166. The van der Waals surface area contributed by atoms with Crippen LogP contribution in [-0.2, 0) is 28.6 Å². The van der Waals surface area contributed by atoms with E-state index >= 15 is 0 Å². The predicted molar refractivity (Wildman–Crippen MR) is 297 cm³/mol. The van der Waals surface area contributed by atoms with E-state index in [9.17, 15) is 14.4 Å². The molecule has 0 amide bonds. The van der Waals surface area contributed by atoms with Crippen LogP contribution < -0.4 is 0 Å². The Morgan fingerprint density at radius 2 is 0.594 bits per heavy atom. The Kier molecular flexibility index (Phi) is 51.6. The molecule has 0 aromatic heterocycles. The van der Waals surface area contributed by atoms with Gasteiger partial charge >= 0.3 is 17.9 Å². The number of carbonyl (C=O) groups excluding carboxylic acids is 3. The second kappa shape index (κ2) is 55.6. The Balaban J connectivity index is 4.66. The lowest BCUT2D eigenvalue weighted by Crippen LogP contribution is -2.30. The summed E-state index contributed by atoms with van der Waals surface area (Å²) in [6.45, 7) is 6.23. The summed E-state index contributed by atoms with van der Waals surface area (Å²) in [5, 5.41) is 0. The molecule has 6 nitrogen and oxygen atoms in total. The van der Waals surface area contributed by atoms with E-state index in [4.69, 9.17) is 14.2 Å². The fraction of sp³-hybridized carbons (Fsp3) is 0.540. The van der Waals surface area contributed by atoms with Crippen molar-refractivity contribution in [3.8, 4) is 0 Å². The molecule has 6 heteroatoms. The maximum Gasteiger partial charge on any atom is 0.306 e. The molecule has 0 aromatic carbocycles. The summed E-state index contributed by atoms with van der Waals surface area (Å²) in [5.41, 5.74) is 0. The molecule has 0 aromatic rings. The molecule has 69 heavy (non-hydrogen) atoms. The first-order chi connectivity index (χ1) is 34.0.